The second-order valence-electron chi connectivity index (χ2n) is 6.89. The Bertz CT molecular complexity index is 849. The Labute approximate surface area is 153 Å². The molecule has 0 amide bonds. The van der Waals surface area contributed by atoms with Gasteiger partial charge in [0, 0.05) is 42.7 Å². The van der Waals surface area contributed by atoms with Crippen LogP contribution in [0.5, 0.6) is 0 Å². The number of piperidine rings is 1. The van der Waals surface area contributed by atoms with E-state index in [1.165, 1.54) is 24.1 Å². The number of hydrogen-bond donors (Lipinski definition) is 0. The molecule has 0 spiro atoms. The van der Waals surface area contributed by atoms with Gasteiger partial charge in [0.05, 0.1) is 5.69 Å². The highest BCUT2D eigenvalue weighted by Gasteiger charge is 2.22. The normalized spacial score (nSPS) is 18.0. The van der Waals surface area contributed by atoms with Crippen LogP contribution in [0.15, 0.2) is 67.0 Å². The average molecular weight is 347 g/mol. The Kier molecular flexibility index (Phi) is 5.02. The average Bonchev–Trinajstić information content (AvgIpc) is 2.70. The SMILES string of the molecule is Fc1ccc(-c2cccc([C@@H]3CCCN(Cc4cccnc4)C3)n2)cc1. The summed E-state index contributed by atoms with van der Waals surface area (Å²) in [5.74, 6) is 0.212. The van der Waals surface area contributed by atoms with Gasteiger partial charge in [0.2, 0.25) is 0 Å². The molecule has 1 aliphatic rings. The topological polar surface area (TPSA) is 29.0 Å². The van der Waals surface area contributed by atoms with Crippen LogP contribution < -0.4 is 0 Å². The van der Waals surface area contributed by atoms with E-state index in [4.69, 9.17) is 4.98 Å². The van der Waals surface area contributed by atoms with E-state index in [0.29, 0.717) is 5.92 Å². The summed E-state index contributed by atoms with van der Waals surface area (Å²) in [5, 5.41) is 0. The van der Waals surface area contributed by atoms with Crippen molar-refractivity contribution in [3.63, 3.8) is 0 Å². The van der Waals surface area contributed by atoms with E-state index in [0.717, 1.165) is 43.0 Å². The van der Waals surface area contributed by atoms with Crippen LogP contribution in [0.3, 0.4) is 0 Å². The van der Waals surface area contributed by atoms with E-state index in [-0.39, 0.29) is 5.82 Å². The Hall–Kier alpha value is -2.59. The first-order valence-electron chi connectivity index (χ1n) is 9.12. The number of rotatable bonds is 4. The van der Waals surface area contributed by atoms with Crippen LogP contribution in [-0.2, 0) is 6.54 Å². The molecule has 0 saturated carbocycles. The molecule has 1 aliphatic heterocycles. The maximum Gasteiger partial charge on any atom is 0.123 e. The highest BCUT2D eigenvalue weighted by molar-refractivity contribution is 5.59. The lowest BCUT2D eigenvalue weighted by molar-refractivity contribution is 0.198. The molecule has 0 aliphatic carbocycles. The van der Waals surface area contributed by atoms with Crippen LogP contribution in [0.2, 0.25) is 0 Å². The molecule has 26 heavy (non-hydrogen) atoms. The van der Waals surface area contributed by atoms with Crippen molar-refractivity contribution in [2.75, 3.05) is 13.1 Å². The van der Waals surface area contributed by atoms with Crippen LogP contribution in [0.25, 0.3) is 11.3 Å². The van der Waals surface area contributed by atoms with Crippen LogP contribution in [0.4, 0.5) is 4.39 Å². The fourth-order valence-corrected chi connectivity index (χ4v) is 3.65. The van der Waals surface area contributed by atoms with Gasteiger partial charge in [-0.3, -0.25) is 14.9 Å². The van der Waals surface area contributed by atoms with Gasteiger partial charge in [0.25, 0.3) is 0 Å². The van der Waals surface area contributed by atoms with Crippen molar-refractivity contribution >= 4 is 0 Å². The van der Waals surface area contributed by atoms with Gasteiger partial charge in [-0.05, 0) is 67.4 Å². The molecule has 1 atom stereocenters. The molecule has 4 rings (SSSR count). The van der Waals surface area contributed by atoms with Crippen molar-refractivity contribution in [1.82, 2.24) is 14.9 Å². The Morgan fingerprint density at radius 1 is 1.04 bits per heavy atom. The van der Waals surface area contributed by atoms with Crippen molar-refractivity contribution in [2.45, 2.75) is 25.3 Å². The van der Waals surface area contributed by atoms with Crippen molar-refractivity contribution < 1.29 is 4.39 Å². The number of benzene rings is 1. The van der Waals surface area contributed by atoms with Crippen molar-refractivity contribution in [1.29, 1.82) is 0 Å². The predicted molar refractivity (Wildman–Crippen MR) is 101 cm³/mol. The van der Waals surface area contributed by atoms with Gasteiger partial charge in [-0.2, -0.15) is 0 Å². The van der Waals surface area contributed by atoms with Gasteiger partial charge < -0.3 is 0 Å². The van der Waals surface area contributed by atoms with Crippen LogP contribution in [0.1, 0.15) is 30.0 Å². The Morgan fingerprint density at radius 3 is 2.73 bits per heavy atom. The first-order valence-corrected chi connectivity index (χ1v) is 9.12. The van der Waals surface area contributed by atoms with E-state index in [1.807, 2.05) is 24.5 Å². The molecule has 0 radical (unpaired) electrons. The maximum absolute atomic E-state index is 13.2. The lowest BCUT2D eigenvalue weighted by atomic mass is 9.93. The fourth-order valence-electron chi connectivity index (χ4n) is 3.65. The van der Waals surface area contributed by atoms with Crippen molar-refractivity contribution in [2.24, 2.45) is 0 Å². The van der Waals surface area contributed by atoms with Gasteiger partial charge in [0.15, 0.2) is 0 Å². The molecule has 1 saturated heterocycles. The monoisotopic (exact) mass is 347 g/mol. The zero-order valence-electron chi connectivity index (χ0n) is 14.7. The first kappa shape index (κ1) is 16.9. The quantitative estimate of drug-likeness (QED) is 0.687. The summed E-state index contributed by atoms with van der Waals surface area (Å²) < 4.78 is 13.2. The molecular weight excluding hydrogens is 325 g/mol. The minimum Gasteiger partial charge on any atom is -0.298 e. The predicted octanol–water partition coefficient (Wildman–Crippen LogP) is 4.66. The van der Waals surface area contributed by atoms with Crippen LogP contribution in [-0.4, -0.2) is 28.0 Å². The lowest BCUT2D eigenvalue weighted by Crippen LogP contribution is -2.34. The van der Waals surface area contributed by atoms with E-state index >= 15 is 0 Å². The third-order valence-electron chi connectivity index (χ3n) is 4.96. The van der Waals surface area contributed by atoms with E-state index in [2.05, 4.69) is 28.1 Å². The van der Waals surface area contributed by atoms with Gasteiger partial charge >= 0.3 is 0 Å². The lowest BCUT2D eigenvalue weighted by Gasteiger charge is -2.32. The highest BCUT2D eigenvalue weighted by atomic mass is 19.1. The molecule has 0 N–H and O–H groups in total. The van der Waals surface area contributed by atoms with E-state index in [1.54, 1.807) is 12.1 Å². The fraction of sp³-hybridized carbons (Fsp3) is 0.273. The summed E-state index contributed by atoms with van der Waals surface area (Å²) in [6.45, 7) is 3.06. The van der Waals surface area contributed by atoms with Gasteiger partial charge in [-0.15, -0.1) is 0 Å². The summed E-state index contributed by atoms with van der Waals surface area (Å²) in [6, 6.07) is 16.8. The summed E-state index contributed by atoms with van der Waals surface area (Å²) in [5.41, 5.74) is 4.24. The molecule has 4 heteroatoms. The van der Waals surface area contributed by atoms with E-state index < -0.39 is 0 Å². The number of pyridine rings is 2. The molecule has 3 heterocycles. The van der Waals surface area contributed by atoms with Crippen LogP contribution in [0, 0.1) is 5.82 Å². The Morgan fingerprint density at radius 2 is 1.92 bits per heavy atom. The van der Waals surface area contributed by atoms with Gasteiger partial charge in [-0.25, -0.2) is 4.39 Å². The second-order valence-corrected chi connectivity index (χ2v) is 6.89. The third-order valence-corrected chi connectivity index (χ3v) is 4.96. The summed E-state index contributed by atoms with van der Waals surface area (Å²) >= 11 is 0. The minimum absolute atomic E-state index is 0.219. The standard InChI is InChI=1S/C22H22FN3/c23-20-10-8-18(9-11-20)21-6-1-7-22(25-21)19-5-3-13-26(16-19)15-17-4-2-12-24-14-17/h1-2,4,6-12,14,19H,3,5,13,15-16H2/t19-/m1/s1. The second kappa shape index (κ2) is 7.75. The van der Waals surface area contributed by atoms with Crippen molar-refractivity contribution in [3.05, 3.63) is 84.1 Å². The zero-order valence-corrected chi connectivity index (χ0v) is 14.7. The summed E-state index contributed by atoms with van der Waals surface area (Å²) in [6.07, 6.45) is 6.08. The summed E-state index contributed by atoms with van der Waals surface area (Å²) in [4.78, 5) is 11.6. The van der Waals surface area contributed by atoms with Gasteiger partial charge in [0.1, 0.15) is 5.82 Å². The van der Waals surface area contributed by atoms with Crippen LogP contribution >= 0.6 is 0 Å². The first-order chi connectivity index (χ1) is 12.8. The smallest absolute Gasteiger partial charge is 0.123 e. The molecule has 2 aromatic heterocycles. The highest BCUT2D eigenvalue weighted by Crippen LogP contribution is 2.28. The molecule has 132 valence electrons. The van der Waals surface area contributed by atoms with Crippen molar-refractivity contribution in [3.8, 4) is 11.3 Å². The molecule has 0 bridgehead atoms. The Balaban J connectivity index is 1.50. The maximum atomic E-state index is 13.2. The minimum atomic E-state index is -0.219. The van der Waals surface area contributed by atoms with E-state index in [9.17, 15) is 4.39 Å². The third kappa shape index (κ3) is 3.97. The molecular formula is C22H22FN3. The van der Waals surface area contributed by atoms with Gasteiger partial charge in [-0.1, -0.05) is 12.1 Å². The zero-order chi connectivity index (χ0) is 17.8. The molecule has 1 aromatic carbocycles. The number of likely N-dealkylation sites (tertiary alicyclic amines) is 1. The number of aromatic nitrogens is 2. The summed E-state index contributed by atoms with van der Waals surface area (Å²) in [7, 11) is 0. The molecule has 0 unspecified atom stereocenters. The number of nitrogens with zero attached hydrogens (tertiary/aromatic N) is 3. The number of hydrogen-bond acceptors (Lipinski definition) is 3. The largest absolute Gasteiger partial charge is 0.298 e. The number of halogens is 1. The molecule has 3 aromatic rings. The molecule has 1 fully saturated rings. The molecule has 3 nitrogen and oxygen atoms in total.